The lowest BCUT2D eigenvalue weighted by molar-refractivity contribution is 0.321. The number of aromatic nitrogens is 1. The van der Waals surface area contributed by atoms with Gasteiger partial charge in [0.05, 0.1) is 11.7 Å². The Morgan fingerprint density at radius 1 is 1.04 bits per heavy atom. The van der Waals surface area contributed by atoms with Crippen LogP contribution in [0.5, 0.6) is 0 Å². The van der Waals surface area contributed by atoms with E-state index in [1.807, 2.05) is 24.0 Å². The van der Waals surface area contributed by atoms with E-state index in [0.29, 0.717) is 5.25 Å². The van der Waals surface area contributed by atoms with Gasteiger partial charge in [-0.25, -0.2) is 0 Å². The Hall–Kier alpha value is -2.01. The largest absolute Gasteiger partial charge is 0.372 e. The lowest BCUT2D eigenvalue weighted by Gasteiger charge is -2.28. The Bertz CT molecular complexity index is 799. The SMILES string of the molecule is C[C@H]1CN2C(=N[C@H](c3ccccn3)[C@@H]2c2ccc(N3CCCC3)cc2)S1. The van der Waals surface area contributed by atoms with Crippen molar-refractivity contribution in [3.05, 3.63) is 59.9 Å². The van der Waals surface area contributed by atoms with E-state index in [9.17, 15) is 0 Å². The van der Waals surface area contributed by atoms with Crippen LogP contribution in [0.25, 0.3) is 0 Å². The van der Waals surface area contributed by atoms with Gasteiger partial charge in [-0.15, -0.1) is 0 Å². The van der Waals surface area contributed by atoms with Crippen LogP contribution in [0.4, 0.5) is 5.69 Å². The molecule has 0 aliphatic carbocycles. The van der Waals surface area contributed by atoms with Crippen molar-refractivity contribution in [2.45, 2.75) is 37.1 Å². The molecule has 0 N–H and O–H groups in total. The van der Waals surface area contributed by atoms with E-state index >= 15 is 0 Å². The lowest BCUT2D eigenvalue weighted by atomic mass is 9.96. The molecule has 0 unspecified atom stereocenters. The quantitative estimate of drug-likeness (QED) is 0.814. The molecule has 3 aliphatic rings. The van der Waals surface area contributed by atoms with Gasteiger partial charge in [0.15, 0.2) is 5.17 Å². The van der Waals surface area contributed by atoms with E-state index < -0.39 is 0 Å². The van der Waals surface area contributed by atoms with Gasteiger partial charge in [-0.1, -0.05) is 36.9 Å². The molecule has 4 heterocycles. The molecule has 4 nitrogen and oxygen atoms in total. The molecule has 0 bridgehead atoms. The number of thioether (sulfide) groups is 1. The Balaban J connectivity index is 1.48. The number of rotatable bonds is 3. The molecule has 3 atom stereocenters. The highest BCUT2D eigenvalue weighted by molar-refractivity contribution is 8.14. The molecule has 2 aromatic rings. The zero-order valence-corrected chi connectivity index (χ0v) is 15.9. The number of fused-ring (bicyclic) bond motifs is 1. The number of aliphatic imine (C=N–C) groups is 1. The summed E-state index contributed by atoms with van der Waals surface area (Å²) < 4.78 is 0. The Kier molecular flexibility index (Phi) is 4.12. The number of hydrogen-bond donors (Lipinski definition) is 0. The Morgan fingerprint density at radius 3 is 2.58 bits per heavy atom. The van der Waals surface area contributed by atoms with Crippen LogP contribution in [-0.4, -0.2) is 39.9 Å². The summed E-state index contributed by atoms with van der Waals surface area (Å²) in [6.07, 6.45) is 4.50. The summed E-state index contributed by atoms with van der Waals surface area (Å²) in [6.45, 7) is 5.72. The van der Waals surface area contributed by atoms with Crippen LogP contribution in [-0.2, 0) is 0 Å². The van der Waals surface area contributed by atoms with Gasteiger partial charge in [0.2, 0.25) is 0 Å². The van der Waals surface area contributed by atoms with E-state index in [1.165, 1.54) is 42.3 Å². The molecule has 134 valence electrons. The van der Waals surface area contributed by atoms with Gasteiger partial charge in [-0.05, 0) is 42.7 Å². The standard InChI is InChI=1S/C21H24N4S/c1-15-14-25-20(16-7-9-17(10-8-16)24-12-4-5-13-24)19(23-21(25)26-15)18-6-2-3-11-22-18/h2-3,6-11,15,19-20H,4-5,12-14H2,1H3/t15-,19+,20-/m0/s1. The molecular formula is C21H24N4S. The highest BCUT2D eigenvalue weighted by Crippen LogP contribution is 2.47. The molecule has 2 fully saturated rings. The van der Waals surface area contributed by atoms with Crippen molar-refractivity contribution in [1.29, 1.82) is 0 Å². The Labute approximate surface area is 159 Å². The second-order valence-electron chi connectivity index (χ2n) is 7.42. The van der Waals surface area contributed by atoms with Gasteiger partial charge in [0, 0.05) is 36.8 Å². The first-order valence-electron chi connectivity index (χ1n) is 9.56. The zero-order chi connectivity index (χ0) is 17.5. The first-order chi connectivity index (χ1) is 12.8. The van der Waals surface area contributed by atoms with Crippen LogP contribution in [0.2, 0.25) is 0 Å². The third-order valence-corrected chi connectivity index (χ3v) is 6.69. The van der Waals surface area contributed by atoms with Crippen LogP contribution < -0.4 is 4.90 Å². The molecule has 1 aromatic carbocycles. The first kappa shape index (κ1) is 16.2. The van der Waals surface area contributed by atoms with Crippen molar-refractivity contribution in [3.63, 3.8) is 0 Å². The summed E-state index contributed by atoms with van der Waals surface area (Å²) in [5, 5.41) is 1.78. The highest BCUT2D eigenvalue weighted by Gasteiger charge is 2.43. The molecule has 5 heteroatoms. The fourth-order valence-electron chi connectivity index (χ4n) is 4.34. The fraction of sp³-hybridized carbons (Fsp3) is 0.429. The van der Waals surface area contributed by atoms with Crippen LogP contribution in [0, 0.1) is 0 Å². The fourth-order valence-corrected chi connectivity index (χ4v) is 5.43. The number of benzene rings is 1. The molecule has 26 heavy (non-hydrogen) atoms. The highest BCUT2D eigenvalue weighted by atomic mass is 32.2. The molecule has 0 radical (unpaired) electrons. The second-order valence-corrected chi connectivity index (χ2v) is 8.83. The van der Waals surface area contributed by atoms with E-state index in [0.717, 1.165) is 12.2 Å². The molecule has 0 saturated carbocycles. The number of hydrogen-bond acceptors (Lipinski definition) is 5. The number of anilines is 1. The van der Waals surface area contributed by atoms with E-state index in [-0.39, 0.29) is 12.1 Å². The maximum atomic E-state index is 5.06. The van der Waals surface area contributed by atoms with Crippen molar-refractivity contribution in [1.82, 2.24) is 9.88 Å². The third kappa shape index (κ3) is 2.78. The van der Waals surface area contributed by atoms with Gasteiger partial charge in [-0.2, -0.15) is 0 Å². The first-order valence-corrected chi connectivity index (χ1v) is 10.4. The average Bonchev–Trinajstić information content (AvgIpc) is 3.38. The van der Waals surface area contributed by atoms with E-state index in [4.69, 9.17) is 4.99 Å². The molecule has 2 saturated heterocycles. The summed E-state index contributed by atoms with van der Waals surface area (Å²) in [7, 11) is 0. The number of nitrogens with zero attached hydrogens (tertiary/aromatic N) is 4. The van der Waals surface area contributed by atoms with Crippen LogP contribution in [0.15, 0.2) is 53.7 Å². The predicted molar refractivity (Wildman–Crippen MR) is 109 cm³/mol. The van der Waals surface area contributed by atoms with Crippen molar-refractivity contribution >= 4 is 22.6 Å². The molecule has 0 amide bonds. The molecule has 5 rings (SSSR count). The minimum absolute atomic E-state index is 0.0869. The van der Waals surface area contributed by atoms with Crippen molar-refractivity contribution in [2.24, 2.45) is 4.99 Å². The number of amidine groups is 1. The maximum Gasteiger partial charge on any atom is 0.160 e. The van der Waals surface area contributed by atoms with Gasteiger partial charge < -0.3 is 9.80 Å². The second kappa shape index (κ2) is 6.62. The monoisotopic (exact) mass is 364 g/mol. The maximum absolute atomic E-state index is 5.06. The van der Waals surface area contributed by atoms with Crippen molar-refractivity contribution < 1.29 is 0 Å². The number of pyridine rings is 1. The average molecular weight is 365 g/mol. The zero-order valence-electron chi connectivity index (χ0n) is 15.1. The molecule has 0 spiro atoms. The van der Waals surface area contributed by atoms with Gasteiger partial charge in [0.25, 0.3) is 0 Å². The lowest BCUT2D eigenvalue weighted by Crippen LogP contribution is -2.28. The summed E-state index contributed by atoms with van der Waals surface area (Å²) in [6, 6.07) is 15.7. The summed E-state index contributed by atoms with van der Waals surface area (Å²) >= 11 is 1.90. The predicted octanol–water partition coefficient (Wildman–Crippen LogP) is 4.27. The normalized spacial score (nSPS) is 27.7. The molecule has 1 aromatic heterocycles. The summed E-state index contributed by atoms with van der Waals surface area (Å²) in [4.78, 5) is 14.6. The minimum atomic E-state index is 0.0869. The Morgan fingerprint density at radius 2 is 1.85 bits per heavy atom. The van der Waals surface area contributed by atoms with E-state index in [2.05, 4.69) is 58.1 Å². The topological polar surface area (TPSA) is 31.7 Å². The minimum Gasteiger partial charge on any atom is -0.372 e. The molecular weight excluding hydrogens is 340 g/mol. The van der Waals surface area contributed by atoms with E-state index in [1.54, 1.807) is 0 Å². The van der Waals surface area contributed by atoms with Gasteiger partial charge in [-0.3, -0.25) is 9.98 Å². The van der Waals surface area contributed by atoms with Crippen LogP contribution in [0.1, 0.15) is 43.1 Å². The third-order valence-electron chi connectivity index (χ3n) is 5.59. The summed E-state index contributed by atoms with van der Waals surface area (Å²) in [5.41, 5.74) is 3.76. The van der Waals surface area contributed by atoms with Crippen LogP contribution in [0.3, 0.4) is 0 Å². The van der Waals surface area contributed by atoms with Crippen molar-refractivity contribution in [3.8, 4) is 0 Å². The smallest absolute Gasteiger partial charge is 0.160 e. The van der Waals surface area contributed by atoms with Crippen molar-refractivity contribution in [2.75, 3.05) is 24.5 Å². The summed E-state index contributed by atoms with van der Waals surface area (Å²) in [5.74, 6) is 0. The molecule has 3 aliphatic heterocycles. The van der Waals surface area contributed by atoms with Crippen LogP contribution >= 0.6 is 11.8 Å². The van der Waals surface area contributed by atoms with Gasteiger partial charge in [0.1, 0.15) is 6.04 Å². The van der Waals surface area contributed by atoms with Gasteiger partial charge >= 0.3 is 0 Å².